The Kier molecular flexibility index (Phi) is 5.51. The van der Waals surface area contributed by atoms with E-state index in [1.165, 1.54) is 0 Å². The monoisotopic (exact) mass is 358 g/mol. The van der Waals surface area contributed by atoms with Crippen LogP contribution in [-0.4, -0.2) is 51.2 Å². The molecule has 1 atom stereocenters. The quantitative estimate of drug-likeness (QED) is 0.841. The van der Waals surface area contributed by atoms with Crippen molar-refractivity contribution >= 4 is 5.91 Å². The number of benzene rings is 1. The summed E-state index contributed by atoms with van der Waals surface area (Å²) in [6, 6.07) is 7.93. The zero-order valence-electron chi connectivity index (χ0n) is 15.5. The number of methoxy groups -OCH3 is 1. The summed E-state index contributed by atoms with van der Waals surface area (Å²) in [6.07, 6.45) is 1.48. The minimum atomic E-state index is -0.217. The van der Waals surface area contributed by atoms with E-state index in [4.69, 9.17) is 10.5 Å². The lowest BCUT2D eigenvalue weighted by Gasteiger charge is -2.36. The molecule has 1 fully saturated rings. The minimum Gasteiger partial charge on any atom is -0.496 e. The third-order valence-corrected chi connectivity index (χ3v) is 4.98. The van der Waals surface area contributed by atoms with Gasteiger partial charge in [-0.25, -0.2) is 4.68 Å². The molecule has 8 nitrogen and oxygen atoms in total. The molecule has 1 aliphatic rings. The summed E-state index contributed by atoms with van der Waals surface area (Å²) >= 11 is 0. The predicted molar refractivity (Wildman–Crippen MR) is 96.5 cm³/mol. The van der Waals surface area contributed by atoms with Gasteiger partial charge in [-0.3, -0.25) is 9.69 Å². The van der Waals surface area contributed by atoms with E-state index in [-0.39, 0.29) is 23.9 Å². The van der Waals surface area contributed by atoms with Crippen LogP contribution in [0.4, 0.5) is 0 Å². The molecular formula is C18H26N6O2. The van der Waals surface area contributed by atoms with E-state index in [0.717, 1.165) is 43.1 Å². The minimum absolute atomic E-state index is 0.0642. The van der Waals surface area contributed by atoms with Gasteiger partial charge in [-0.15, -0.1) is 5.10 Å². The van der Waals surface area contributed by atoms with E-state index in [1.54, 1.807) is 7.11 Å². The number of carbonyl (C=O) groups excluding carboxylic acids is 1. The molecule has 1 aromatic carbocycles. The number of hydrogen-bond acceptors (Lipinski definition) is 6. The van der Waals surface area contributed by atoms with Crippen LogP contribution in [0.3, 0.4) is 0 Å². The first-order chi connectivity index (χ1) is 12.5. The Morgan fingerprint density at radius 2 is 1.96 bits per heavy atom. The topological polar surface area (TPSA) is 99.2 Å². The third kappa shape index (κ3) is 3.55. The van der Waals surface area contributed by atoms with Crippen LogP contribution in [0.1, 0.15) is 50.2 Å². The molecule has 1 amide bonds. The van der Waals surface area contributed by atoms with Crippen LogP contribution >= 0.6 is 0 Å². The summed E-state index contributed by atoms with van der Waals surface area (Å²) in [6.45, 7) is 5.61. The van der Waals surface area contributed by atoms with Crippen molar-refractivity contribution in [3.63, 3.8) is 0 Å². The van der Waals surface area contributed by atoms with Gasteiger partial charge in [0.1, 0.15) is 11.8 Å². The Bertz CT molecular complexity index is 752. The van der Waals surface area contributed by atoms with Crippen molar-refractivity contribution in [2.24, 2.45) is 11.7 Å². The van der Waals surface area contributed by atoms with Gasteiger partial charge in [0.25, 0.3) is 0 Å². The number of piperidine rings is 1. The highest BCUT2D eigenvalue weighted by molar-refractivity contribution is 5.76. The van der Waals surface area contributed by atoms with Crippen LogP contribution in [0.2, 0.25) is 0 Å². The van der Waals surface area contributed by atoms with Crippen LogP contribution in [0.5, 0.6) is 5.75 Å². The maximum Gasteiger partial charge on any atom is 0.220 e. The zero-order valence-corrected chi connectivity index (χ0v) is 15.5. The van der Waals surface area contributed by atoms with Crippen molar-refractivity contribution in [2.75, 3.05) is 20.2 Å². The Morgan fingerprint density at radius 3 is 2.58 bits per heavy atom. The Balaban J connectivity index is 2.00. The molecule has 2 heterocycles. The maximum atomic E-state index is 11.5. The van der Waals surface area contributed by atoms with Crippen LogP contribution in [0.15, 0.2) is 24.3 Å². The lowest BCUT2D eigenvalue weighted by atomic mass is 9.93. The van der Waals surface area contributed by atoms with Crippen molar-refractivity contribution in [1.29, 1.82) is 0 Å². The highest BCUT2D eigenvalue weighted by Gasteiger charge is 2.34. The fourth-order valence-electron chi connectivity index (χ4n) is 3.58. The number of nitrogens with two attached hydrogens (primary N) is 1. The maximum absolute atomic E-state index is 11.5. The first kappa shape index (κ1) is 18.3. The second-order valence-corrected chi connectivity index (χ2v) is 6.93. The van der Waals surface area contributed by atoms with Gasteiger partial charge in [0.15, 0.2) is 5.82 Å². The van der Waals surface area contributed by atoms with Crippen molar-refractivity contribution in [3.8, 4) is 5.75 Å². The Morgan fingerprint density at radius 1 is 1.27 bits per heavy atom. The number of nitrogens with zero attached hydrogens (tertiary/aromatic N) is 5. The summed E-state index contributed by atoms with van der Waals surface area (Å²) in [4.78, 5) is 13.8. The summed E-state index contributed by atoms with van der Waals surface area (Å²) in [7, 11) is 1.67. The number of likely N-dealkylation sites (tertiary alicyclic amines) is 1. The molecule has 0 bridgehead atoms. The molecule has 0 aliphatic carbocycles. The van der Waals surface area contributed by atoms with Crippen molar-refractivity contribution in [1.82, 2.24) is 25.1 Å². The van der Waals surface area contributed by atoms with Gasteiger partial charge in [-0.2, -0.15) is 0 Å². The van der Waals surface area contributed by atoms with Crippen molar-refractivity contribution < 1.29 is 9.53 Å². The van der Waals surface area contributed by atoms with Gasteiger partial charge in [0.05, 0.1) is 13.2 Å². The summed E-state index contributed by atoms with van der Waals surface area (Å²) in [5, 5.41) is 12.4. The van der Waals surface area contributed by atoms with Crippen LogP contribution < -0.4 is 10.5 Å². The largest absolute Gasteiger partial charge is 0.496 e. The molecular weight excluding hydrogens is 332 g/mol. The van der Waals surface area contributed by atoms with Crippen LogP contribution in [0, 0.1) is 5.92 Å². The zero-order chi connectivity index (χ0) is 18.7. The average Bonchev–Trinajstić information content (AvgIpc) is 3.12. The fourth-order valence-corrected chi connectivity index (χ4v) is 3.58. The van der Waals surface area contributed by atoms with Gasteiger partial charge < -0.3 is 10.5 Å². The summed E-state index contributed by atoms with van der Waals surface area (Å²) in [5.74, 6) is 1.30. The number of tetrazole rings is 1. The molecule has 2 aromatic rings. The highest BCUT2D eigenvalue weighted by Crippen LogP contribution is 2.36. The lowest BCUT2D eigenvalue weighted by molar-refractivity contribution is -0.123. The molecule has 0 saturated carbocycles. The van der Waals surface area contributed by atoms with Crippen LogP contribution in [-0.2, 0) is 4.79 Å². The van der Waals surface area contributed by atoms with E-state index in [2.05, 4.69) is 34.3 Å². The van der Waals surface area contributed by atoms with E-state index in [0.29, 0.717) is 0 Å². The average molecular weight is 358 g/mol. The first-order valence-corrected chi connectivity index (χ1v) is 8.97. The molecule has 1 aliphatic heterocycles. The fraction of sp³-hybridized carbons (Fsp3) is 0.556. The molecule has 8 heteroatoms. The number of ether oxygens (including phenoxy) is 1. The second-order valence-electron chi connectivity index (χ2n) is 6.93. The Hall–Kier alpha value is -2.48. The molecule has 0 radical (unpaired) electrons. The van der Waals surface area contributed by atoms with E-state index in [9.17, 15) is 4.79 Å². The normalized spacial score (nSPS) is 17.4. The number of amides is 1. The van der Waals surface area contributed by atoms with Gasteiger partial charge in [0.2, 0.25) is 5.91 Å². The van der Waals surface area contributed by atoms with Gasteiger partial charge in [-0.1, -0.05) is 18.2 Å². The van der Waals surface area contributed by atoms with E-state index in [1.807, 2.05) is 28.9 Å². The number of para-hydroxylation sites is 1. The number of rotatable bonds is 6. The van der Waals surface area contributed by atoms with E-state index >= 15 is 0 Å². The molecule has 0 spiro atoms. The summed E-state index contributed by atoms with van der Waals surface area (Å²) < 4.78 is 7.44. The second kappa shape index (κ2) is 7.82. The van der Waals surface area contributed by atoms with E-state index < -0.39 is 0 Å². The van der Waals surface area contributed by atoms with Gasteiger partial charge >= 0.3 is 0 Å². The third-order valence-electron chi connectivity index (χ3n) is 4.98. The smallest absolute Gasteiger partial charge is 0.220 e. The molecule has 1 saturated heterocycles. The van der Waals surface area contributed by atoms with Gasteiger partial charge in [-0.05, 0) is 56.3 Å². The predicted octanol–water partition coefficient (Wildman–Crippen LogP) is 1.55. The van der Waals surface area contributed by atoms with Crippen molar-refractivity contribution in [2.45, 2.75) is 38.8 Å². The summed E-state index contributed by atoms with van der Waals surface area (Å²) in [5.41, 5.74) is 6.51. The lowest BCUT2D eigenvalue weighted by Crippen LogP contribution is -2.41. The SMILES string of the molecule is COc1ccccc1C(c1nnnn1C(C)C)N1CCC(C(N)=O)CC1. The number of carbonyl (C=O) groups is 1. The number of primary amides is 1. The molecule has 1 unspecified atom stereocenters. The molecule has 26 heavy (non-hydrogen) atoms. The standard InChI is InChI=1S/C18H26N6O2/c1-12(2)24-18(20-21-22-24)16(14-6-4-5-7-15(14)26-3)23-10-8-13(9-11-23)17(19)25/h4-7,12-13,16H,8-11H2,1-3H3,(H2,19,25). The first-order valence-electron chi connectivity index (χ1n) is 8.97. The Labute approximate surface area is 153 Å². The highest BCUT2D eigenvalue weighted by atomic mass is 16.5. The molecule has 2 N–H and O–H groups in total. The molecule has 140 valence electrons. The van der Waals surface area contributed by atoms with Gasteiger partial charge in [0, 0.05) is 11.5 Å². The van der Waals surface area contributed by atoms with Crippen LogP contribution in [0.25, 0.3) is 0 Å². The number of aromatic nitrogens is 4. The van der Waals surface area contributed by atoms with Crippen molar-refractivity contribution in [3.05, 3.63) is 35.7 Å². The molecule has 3 rings (SSSR count). The number of hydrogen-bond donors (Lipinski definition) is 1. The molecule has 1 aromatic heterocycles.